The molecule has 0 aliphatic rings. The van der Waals surface area contributed by atoms with Crippen molar-refractivity contribution in [3.8, 4) is 0 Å². The molecule has 0 saturated carbocycles. The second-order valence-electron chi connectivity index (χ2n) is 3.03. The fourth-order valence-corrected chi connectivity index (χ4v) is 0.794. The molecule has 2 heteroatoms. The second kappa shape index (κ2) is 5.96. The minimum Gasteiger partial charge on any atom is -0.353 e. The summed E-state index contributed by atoms with van der Waals surface area (Å²) < 4.78 is 0. The highest BCUT2D eigenvalue weighted by atomic mass is 16.1. The highest BCUT2D eigenvalue weighted by molar-refractivity contribution is 5.86. The Labute approximate surface area is 68.7 Å². The zero-order chi connectivity index (χ0) is 8.69. The molecule has 0 rings (SSSR count). The van der Waals surface area contributed by atoms with Crippen LogP contribution in [0.1, 0.15) is 26.7 Å². The van der Waals surface area contributed by atoms with E-state index in [1.54, 1.807) is 0 Å². The molecular formula is C9H17NO. The maximum Gasteiger partial charge on any atom is 0.243 e. The van der Waals surface area contributed by atoms with Crippen molar-refractivity contribution in [2.24, 2.45) is 5.92 Å². The van der Waals surface area contributed by atoms with Crippen molar-refractivity contribution >= 4 is 5.91 Å². The Morgan fingerprint density at radius 1 is 1.64 bits per heavy atom. The van der Waals surface area contributed by atoms with Crippen LogP contribution in [0.25, 0.3) is 0 Å². The zero-order valence-electron chi connectivity index (χ0n) is 7.39. The Kier molecular flexibility index (Phi) is 5.53. The van der Waals surface area contributed by atoms with E-state index in [-0.39, 0.29) is 5.91 Å². The van der Waals surface area contributed by atoms with Gasteiger partial charge in [-0.1, -0.05) is 20.4 Å². The summed E-state index contributed by atoms with van der Waals surface area (Å²) in [7, 11) is 0. The zero-order valence-corrected chi connectivity index (χ0v) is 7.39. The van der Waals surface area contributed by atoms with Crippen LogP contribution in [0.4, 0.5) is 0 Å². The summed E-state index contributed by atoms with van der Waals surface area (Å²) in [6.45, 7) is 8.48. The summed E-state index contributed by atoms with van der Waals surface area (Å²) in [5, 5.41) is 2.73. The maximum atomic E-state index is 10.6. The van der Waals surface area contributed by atoms with E-state index in [4.69, 9.17) is 0 Å². The van der Waals surface area contributed by atoms with Gasteiger partial charge in [0.1, 0.15) is 0 Å². The first kappa shape index (κ1) is 10.2. The smallest absolute Gasteiger partial charge is 0.243 e. The van der Waals surface area contributed by atoms with E-state index in [9.17, 15) is 4.79 Å². The molecular weight excluding hydrogens is 138 g/mol. The van der Waals surface area contributed by atoms with Crippen molar-refractivity contribution in [2.75, 3.05) is 6.54 Å². The van der Waals surface area contributed by atoms with Gasteiger partial charge in [-0.15, -0.1) is 0 Å². The standard InChI is InChI=1S/C9H17NO/c1-4-9(11)10-7-5-6-8(2)3/h4,8H,1,5-7H2,2-3H3,(H,10,11). The minimum atomic E-state index is -0.0752. The SMILES string of the molecule is C=CC(=O)NCCCC(C)C. The van der Waals surface area contributed by atoms with Gasteiger partial charge in [0.2, 0.25) is 5.91 Å². The summed E-state index contributed by atoms with van der Waals surface area (Å²) in [5.74, 6) is 0.643. The van der Waals surface area contributed by atoms with Gasteiger partial charge in [0, 0.05) is 6.54 Å². The molecule has 0 aromatic carbocycles. The molecule has 0 aromatic rings. The number of nitrogens with one attached hydrogen (secondary N) is 1. The Morgan fingerprint density at radius 2 is 2.27 bits per heavy atom. The molecule has 0 aliphatic carbocycles. The predicted octanol–water partition coefficient (Wildman–Crippen LogP) is 1.72. The van der Waals surface area contributed by atoms with Gasteiger partial charge in [-0.05, 0) is 24.8 Å². The van der Waals surface area contributed by atoms with E-state index >= 15 is 0 Å². The van der Waals surface area contributed by atoms with Crippen LogP contribution in [-0.2, 0) is 4.79 Å². The maximum absolute atomic E-state index is 10.6. The van der Waals surface area contributed by atoms with E-state index in [1.165, 1.54) is 6.08 Å². The van der Waals surface area contributed by atoms with Gasteiger partial charge in [0.15, 0.2) is 0 Å². The third-order valence-electron chi connectivity index (χ3n) is 1.44. The van der Waals surface area contributed by atoms with Crippen LogP contribution in [0.15, 0.2) is 12.7 Å². The lowest BCUT2D eigenvalue weighted by Gasteiger charge is -2.04. The van der Waals surface area contributed by atoms with Gasteiger partial charge in [0.25, 0.3) is 0 Å². The molecule has 0 radical (unpaired) electrons. The average Bonchev–Trinajstić information content (AvgIpc) is 1.97. The molecule has 0 saturated heterocycles. The third-order valence-corrected chi connectivity index (χ3v) is 1.44. The Morgan fingerprint density at radius 3 is 2.73 bits per heavy atom. The molecule has 0 atom stereocenters. The van der Waals surface area contributed by atoms with Crippen molar-refractivity contribution < 1.29 is 4.79 Å². The molecule has 1 N–H and O–H groups in total. The highest BCUT2D eigenvalue weighted by Crippen LogP contribution is 2.01. The van der Waals surface area contributed by atoms with E-state index in [0.717, 1.165) is 25.3 Å². The lowest BCUT2D eigenvalue weighted by atomic mass is 10.1. The van der Waals surface area contributed by atoms with Crippen LogP contribution in [-0.4, -0.2) is 12.5 Å². The molecule has 11 heavy (non-hydrogen) atoms. The molecule has 0 aromatic heterocycles. The lowest BCUT2D eigenvalue weighted by Crippen LogP contribution is -2.21. The summed E-state index contributed by atoms with van der Waals surface area (Å²) in [4.78, 5) is 10.6. The monoisotopic (exact) mass is 155 g/mol. The van der Waals surface area contributed by atoms with Gasteiger partial charge in [-0.3, -0.25) is 4.79 Å². The number of carbonyl (C=O) groups excluding carboxylic acids is 1. The molecule has 0 fully saturated rings. The summed E-state index contributed by atoms with van der Waals surface area (Å²) in [6, 6.07) is 0. The average molecular weight is 155 g/mol. The van der Waals surface area contributed by atoms with Crippen molar-refractivity contribution in [2.45, 2.75) is 26.7 Å². The normalized spacial score (nSPS) is 9.73. The van der Waals surface area contributed by atoms with Crippen LogP contribution in [0.2, 0.25) is 0 Å². The Bertz CT molecular complexity index is 130. The van der Waals surface area contributed by atoms with Gasteiger partial charge >= 0.3 is 0 Å². The first-order valence-electron chi connectivity index (χ1n) is 4.07. The minimum absolute atomic E-state index is 0.0752. The fourth-order valence-electron chi connectivity index (χ4n) is 0.794. The first-order chi connectivity index (χ1) is 5.16. The number of carbonyl (C=O) groups is 1. The molecule has 64 valence electrons. The predicted molar refractivity (Wildman–Crippen MR) is 47.3 cm³/mol. The van der Waals surface area contributed by atoms with Crippen LogP contribution < -0.4 is 5.32 Å². The Balaban J connectivity index is 3.14. The second-order valence-corrected chi connectivity index (χ2v) is 3.03. The van der Waals surface area contributed by atoms with Crippen LogP contribution >= 0.6 is 0 Å². The van der Waals surface area contributed by atoms with E-state index < -0.39 is 0 Å². The van der Waals surface area contributed by atoms with E-state index in [2.05, 4.69) is 25.7 Å². The quantitative estimate of drug-likeness (QED) is 0.475. The molecule has 2 nitrogen and oxygen atoms in total. The summed E-state index contributed by atoms with van der Waals surface area (Å²) >= 11 is 0. The molecule has 0 heterocycles. The van der Waals surface area contributed by atoms with Gasteiger partial charge in [0.05, 0.1) is 0 Å². The molecule has 1 amide bonds. The highest BCUT2D eigenvalue weighted by Gasteiger charge is 1.95. The van der Waals surface area contributed by atoms with Crippen LogP contribution in [0.3, 0.4) is 0 Å². The van der Waals surface area contributed by atoms with Crippen LogP contribution in [0, 0.1) is 5.92 Å². The number of amides is 1. The molecule has 0 bridgehead atoms. The van der Waals surface area contributed by atoms with Crippen molar-refractivity contribution in [1.29, 1.82) is 0 Å². The number of hydrogen-bond donors (Lipinski definition) is 1. The van der Waals surface area contributed by atoms with Crippen molar-refractivity contribution in [3.63, 3.8) is 0 Å². The Hall–Kier alpha value is -0.790. The molecule has 0 aliphatic heterocycles. The number of rotatable bonds is 5. The largest absolute Gasteiger partial charge is 0.353 e. The fraction of sp³-hybridized carbons (Fsp3) is 0.667. The summed E-state index contributed by atoms with van der Waals surface area (Å²) in [5.41, 5.74) is 0. The lowest BCUT2D eigenvalue weighted by molar-refractivity contribution is -0.116. The van der Waals surface area contributed by atoms with Crippen molar-refractivity contribution in [1.82, 2.24) is 5.32 Å². The molecule has 0 unspecified atom stereocenters. The van der Waals surface area contributed by atoms with Gasteiger partial charge in [-0.25, -0.2) is 0 Å². The third kappa shape index (κ3) is 7.10. The van der Waals surface area contributed by atoms with E-state index in [0.29, 0.717) is 0 Å². The van der Waals surface area contributed by atoms with Gasteiger partial charge in [-0.2, -0.15) is 0 Å². The number of hydrogen-bond acceptors (Lipinski definition) is 1. The first-order valence-corrected chi connectivity index (χ1v) is 4.07. The van der Waals surface area contributed by atoms with Gasteiger partial charge < -0.3 is 5.32 Å². The molecule has 0 spiro atoms. The summed E-state index contributed by atoms with van der Waals surface area (Å²) in [6.07, 6.45) is 3.52. The van der Waals surface area contributed by atoms with Crippen molar-refractivity contribution in [3.05, 3.63) is 12.7 Å². The topological polar surface area (TPSA) is 29.1 Å². The van der Waals surface area contributed by atoms with Crippen LogP contribution in [0.5, 0.6) is 0 Å². The van der Waals surface area contributed by atoms with E-state index in [1.807, 2.05) is 0 Å².